The lowest BCUT2D eigenvalue weighted by Gasteiger charge is -2.16. The van der Waals surface area contributed by atoms with Gasteiger partial charge < -0.3 is 20.3 Å². The molecule has 5 nitrogen and oxygen atoms in total. The molecule has 18 heavy (non-hydrogen) atoms. The predicted octanol–water partition coefficient (Wildman–Crippen LogP) is 1.96. The highest BCUT2D eigenvalue weighted by molar-refractivity contribution is 5.68. The first kappa shape index (κ1) is 14.3. The first-order valence-corrected chi connectivity index (χ1v) is 5.95. The van der Waals surface area contributed by atoms with Gasteiger partial charge in [-0.3, -0.25) is 4.79 Å². The van der Waals surface area contributed by atoms with Crippen LogP contribution in [0.3, 0.4) is 0 Å². The minimum atomic E-state index is -0.932. The first-order valence-electron chi connectivity index (χ1n) is 5.95. The van der Waals surface area contributed by atoms with Crippen LogP contribution in [0.15, 0.2) is 18.2 Å². The van der Waals surface area contributed by atoms with E-state index in [4.69, 9.17) is 20.3 Å². The van der Waals surface area contributed by atoms with Gasteiger partial charge in [0.25, 0.3) is 0 Å². The molecule has 0 aromatic heterocycles. The number of ether oxygens (including phenoxy) is 2. The van der Waals surface area contributed by atoms with Gasteiger partial charge >= 0.3 is 5.97 Å². The molecule has 0 saturated heterocycles. The summed E-state index contributed by atoms with van der Waals surface area (Å²) in [6.07, 6.45) is -0.131. The number of rotatable bonds is 7. The minimum Gasteiger partial charge on any atom is -0.494 e. The Bertz CT molecular complexity index is 406. The number of nitrogens with two attached hydrogens (primary N) is 1. The molecule has 3 N–H and O–H groups in total. The number of carboxylic acid groups (broad SMARTS) is 1. The monoisotopic (exact) mass is 253 g/mol. The molecule has 1 rings (SSSR count). The molecule has 0 saturated carbocycles. The van der Waals surface area contributed by atoms with Crippen LogP contribution in [0.5, 0.6) is 11.5 Å². The standard InChI is InChI=1S/C13H19NO4/c1-3-17-9-5-6-10(11(14)8-13(15)16)12(7-9)18-4-2/h5-7,11H,3-4,8,14H2,1-2H3,(H,15,16). The van der Waals surface area contributed by atoms with Gasteiger partial charge in [0.15, 0.2) is 0 Å². The van der Waals surface area contributed by atoms with Crippen molar-refractivity contribution in [3.05, 3.63) is 23.8 Å². The van der Waals surface area contributed by atoms with Crippen LogP contribution in [0, 0.1) is 0 Å². The van der Waals surface area contributed by atoms with E-state index in [1.807, 2.05) is 13.8 Å². The maximum atomic E-state index is 10.7. The molecule has 100 valence electrons. The third kappa shape index (κ3) is 3.92. The van der Waals surface area contributed by atoms with Gasteiger partial charge in [0.1, 0.15) is 11.5 Å². The summed E-state index contributed by atoms with van der Waals surface area (Å²) in [5.74, 6) is 0.336. The summed E-state index contributed by atoms with van der Waals surface area (Å²) in [5.41, 5.74) is 6.53. The normalized spacial score (nSPS) is 11.9. The van der Waals surface area contributed by atoms with Crippen LogP contribution >= 0.6 is 0 Å². The molecule has 0 heterocycles. The lowest BCUT2D eigenvalue weighted by Crippen LogP contribution is -2.16. The van der Waals surface area contributed by atoms with Gasteiger partial charge in [-0.1, -0.05) is 6.07 Å². The Balaban J connectivity index is 2.98. The molecule has 1 unspecified atom stereocenters. The average Bonchev–Trinajstić information content (AvgIpc) is 2.29. The van der Waals surface area contributed by atoms with E-state index in [0.29, 0.717) is 30.3 Å². The van der Waals surface area contributed by atoms with Crippen molar-refractivity contribution in [3.8, 4) is 11.5 Å². The predicted molar refractivity (Wildman–Crippen MR) is 68.0 cm³/mol. The van der Waals surface area contributed by atoms with Crippen molar-refractivity contribution in [2.24, 2.45) is 5.73 Å². The van der Waals surface area contributed by atoms with Gasteiger partial charge in [-0.15, -0.1) is 0 Å². The SMILES string of the molecule is CCOc1ccc(C(N)CC(=O)O)c(OCC)c1. The molecule has 0 aliphatic carbocycles. The second-order valence-corrected chi connectivity index (χ2v) is 3.77. The van der Waals surface area contributed by atoms with Crippen molar-refractivity contribution in [2.45, 2.75) is 26.3 Å². The number of carboxylic acids is 1. The summed E-state index contributed by atoms with van der Waals surface area (Å²) in [6.45, 7) is 4.80. The Kier molecular flexibility index (Phi) is 5.45. The second kappa shape index (κ2) is 6.86. The van der Waals surface area contributed by atoms with E-state index in [9.17, 15) is 4.79 Å². The maximum Gasteiger partial charge on any atom is 0.305 e. The largest absolute Gasteiger partial charge is 0.494 e. The van der Waals surface area contributed by atoms with Crippen molar-refractivity contribution in [1.82, 2.24) is 0 Å². The molecule has 1 atom stereocenters. The lowest BCUT2D eigenvalue weighted by atomic mass is 10.0. The van der Waals surface area contributed by atoms with Crippen molar-refractivity contribution < 1.29 is 19.4 Å². The van der Waals surface area contributed by atoms with Crippen molar-refractivity contribution in [1.29, 1.82) is 0 Å². The van der Waals surface area contributed by atoms with Crippen LogP contribution in [-0.2, 0) is 4.79 Å². The van der Waals surface area contributed by atoms with Crippen LogP contribution in [0.1, 0.15) is 31.9 Å². The molecule has 0 bridgehead atoms. The molecule has 0 aliphatic heterocycles. The van der Waals surface area contributed by atoms with Crippen molar-refractivity contribution >= 4 is 5.97 Å². The molecular weight excluding hydrogens is 234 g/mol. The maximum absolute atomic E-state index is 10.7. The van der Waals surface area contributed by atoms with E-state index in [1.54, 1.807) is 18.2 Å². The summed E-state index contributed by atoms with van der Waals surface area (Å²) in [4.78, 5) is 10.7. The van der Waals surface area contributed by atoms with Crippen LogP contribution in [0.4, 0.5) is 0 Å². The smallest absolute Gasteiger partial charge is 0.305 e. The zero-order valence-corrected chi connectivity index (χ0v) is 10.7. The highest BCUT2D eigenvalue weighted by Gasteiger charge is 2.16. The highest BCUT2D eigenvalue weighted by Crippen LogP contribution is 2.30. The van der Waals surface area contributed by atoms with Gasteiger partial charge in [0.2, 0.25) is 0 Å². The molecule has 0 amide bonds. The minimum absolute atomic E-state index is 0.131. The van der Waals surface area contributed by atoms with Crippen LogP contribution in [-0.4, -0.2) is 24.3 Å². The molecule has 1 aromatic rings. The summed E-state index contributed by atoms with van der Waals surface area (Å²) in [6, 6.07) is 4.68. The van der Waals surface area contributed by atoms with Gasteiger partial charge in [0, 0.05) is 17.7 Å². The van der Waals surface area contributed by atoms with Crippen LogP contribution < -0.4 is 15.2 Å². The van der Waals surface area contributed by atoms with E-state index >= 15 is 0 Å². The average molecular weight is 253 g/mol. The number of hydrogen-bond donors (Lipinski definition) is 2. The Morgan fingerprint density at radius 3 is 2.56 bits per heavy atom. The summed E-state index contributed by atoms with van der Waals surface area (Å²) >= 11 is 0. The van der Waals surface area contributed by atoms with Crippen LogP contribution in [0.2, 0.25) is 0 Å². The van der Waals surface area contributed by atoms with Gasteiger partial charge in [0.05, 0.1) is 19.6 Å². The molecule has 0 fully saturated rings. The van der Waals surface area contributed by atoms with Gasteiger partial charge in [-0.05, 0) is 19.9 Å². The second-order valence-electron chi connectivity index (χ2n) is 3.77. The van der Waals surface area contributed by atoms with E-state index < -0.39 is 12.0 Å². The number of benzene rings is 1. The zero-order chi connectivity index (χ0) is 13.5. The van der Waals surface area contributed by atoms with E-state index in [-0.39, 0.29) is 6.42 Å². The fourth-order valence-electron chi connectivity index (χ4n) is 1.66. The first-order chi connectivity index (χ1) is 8.58. The molecular formula is C13H19NO4. The molecule has 1 aromatic carbocycles. The number of aliphatic carboxylic acids is 1. The molecule has 0 aliphatic rings. The van der Waals surface area contributed by atoms with Gasteiger partial charge in [-0.2, -0.15) is 0 Å². The summed E-state index contributed by atoms with van der Waals surface area (Å²) < 4.78 is 10.8. The summed E-state index contributed by atoms with van der Waals surface area (Å²) in [7, 11) is 0. The van der Waals surface area contributed by atoms with Gasteiger partial charge in [-0.25, -0.2) is 0 Å². The Morgan fingerprint density at radius 2 is 2.00 bits per heavy atom. The Labute approximate surface area is 107 Å². The molecule has 0 radical (unpaired) electrons. The van der Waals surface area contributed by atoms with E-state index in [0.717, 1.165) is 0 Å². The number of hydrogen-bond acceptors (Lipinski definition) is 4. The lowest BCUT2D eigenvalue weighted by molar-refractivity contribution is -0.137. The topological polar surface area (TPSA) is 81.8 Å². The third-order valence-corrected chi connectivity index (χ3v) is 2.39. The number of carbonyl (C=O) groups is 1. The van der Waals surface area contributed by atoms with E-state index in [2.05, 4.69) is 0 Å². The fraction of sp³-hybridized carbons (Fsp3) is 0.462. The Morgan fingerprint density at radius 1 is 1.33 bits per heavy atom. The third-order valence-electron chi connectivity index (χ3n) is 2.39. The quantitative estimate of drug-likeness (QED) is 0.776. The van der Waals surface area contributed by atoms with Crippen LogP contribution in [0.25, 0.3) is 0 Å². The Hall–Kier alpha value is -1.75. The fourth-order valence-corrected chi connectivity index (χ4v) is 1.66. The molecule has 0 spiro atoms. The van der Waals surface area contributed by atoms with Crippen molar-refractivity contribution in [3.63, 3.8) is 0 Å². The highest BCUT2D eigenvalue weighted by atomic mass is 16.5. The van der Waals surface area contributed by atoms with Crippen molar-refractivity contribution in [2.75, 3.05) is 13.2 Å². The summed E-state index contributed by atoms with van der Waals surface area (Å²) in [5, 5.41) is 8.76. The molecule has 5 heteroatoms. The zero-order valence-electron chi connectivity index (χ0n) is 10.7. The van der Waals surface area contributed by atoms with E-state index in [1.165, 1.54) is 0 Å².